The average molecular weight is 291 g/mol. The van der Waals surface area contributed by atoms with Crippen LogP contribution in [0.4, 0.5) is 17.4 Å². The first-order valence-corrected chi connectivity index (χ1v) is 6.16. The van der Waals surface area contributed by atoms with E-state index in [9.17, 15) is 14.9 Å². The van der Waals surface area contributed by atoms with Gasteiger partial charge in [-0.3, -0.25) is 20.2 Å². The van der Waals surface area contributed by atoms with Crippen LogP contribution in [0.15, 0.2) is 22.7 Å². The molecule has 0 aliphatic rings. The first kappa shape index (κ1) is 14.4. The number of nitrogens with one attached hydrogen (secondary N) is 2. The third kappa shape index (κ3) is 3.14. The van der Waals surface area contributed by atoms with E-state index in [-0.39, 0.29) is 23.0 Å². The van der Waals surface area contributed by atoms with Gasteiger partial charge in [0.05, 0.1) is 4.92 Å². The standard InChI is InChI=1S/C12H13N5O4/c1-3-13-9-6-4-5-8(10(9)17(19)20)11(18)15-12-14-7(2)16-21-12/h4-6,13H,3H2,1-2H3,(H,14,15,16,18). The summed E-state index contributed by atoms with van der Waals surface area (Å²) in [6.07, 6.45) is 0. The van der Waals surface area contributed by atoms with E-state index in [1.165, 1.54) is 12.1 Å². The topological polar surface area (TPSA) is 123 Å². The SMILES string of the molecule is CCNc1cccc(C(=O)Nc2nc(C)no2)c1[N+](=O)[O-]. The van der Waals surface area contributed by atoms with Crippen molar-refractivity contribution >= 4 is 23.3 Å². The van der Waals surface area contributed by atoms with Gasteiger partial charge in [0.2, 0.25) is 0 Å². The Balaban J connectivity index is 2.35. The molecule has 2 N–H and O–H groups in total. The summed E-state index contributed by atoms with van der Waals surface area (Å²) >= 11 is 0. The molecule has 0 aliphatic heterocycles. The summed E-state index contributed by atoms with van der Waals surface area (Å²) in [5.41, 5.74) is -0.112. The number of para-hydroxylation sites is 1. The van der Waals surface area contributed by atoms with Gasteiger partial charge in [0.1, 0.15) is 11.3 Å². The van der Waals surface area contributed by atoms with Crippen LogP contribution >= 0.6 is 0 Å². The molecule has 0 spiro atoms. The highest BCUT2D eigenvalue weighted by Crippen LogP contribution is 2.29. The van der Waals surface area contributed by atoms with Crippen LogP contribution in [0.5, 0.6) is 0 Å². The second-order valence-electron chi connectivity index (χ2n) is 4.09. The first-order valence-electron chi connectivity index (χ1n) is 6.16. The molecule has 0 atom stereocenters. The molecule has 0 radical (unpaired) electrons. The number of carbonyl (C=O) groups is 1. The minimum atomic E-state index is -0.690. The Bertz CT molecular complexity index is 682. The van der Waals surface area contributed by atoms with Gasteiger partial charge in [-0.05, 0) is 26.0 Å². The lowest BCUT2D eigenvalue weighted by Crippen LogP contribution is -2.15. The van der Waals surface area contributed by atoms with Crippen molar-refractivity contribution in [3.05, 3.63) is 39.7 Å². The maximum atomic E-state index is 12.1. The van der Waals surface area contributed by atoms with Crippen LogP contribution in [0, 0.1) is 17.0 Å². The first-order chi connectivity index (χ1) is 10.0. The summed E-state index contributed by atoms with van der Waals surface area (Å²) in [7, 11) is 0. The second kappa shape index (κ2) is 5.99. The van der Waals surface area contributed by atoms with Gasteiger partial charge in [-0.25, -0.2) is 0 Å². The van der Waals surface area contributed by atoms with Gasteiger partial charge in [0, 0.05) is 6.54 Å². The number of rotatable bonds is 5. The predicted octanol–water partition coefficient (Wildman–Crippen LogP) is 1.97. The summed E-state index contributed by atoms with van der Waals surface area (Å²) in [6.45, 7) is 3.89. The molecule has 9 nitrogen and oxygen atoms in total. The molecule has 0 bridgehead atoms. The highest BCUT2D eigenvalue weighted by Gasteiger charge is 2.25. The fraction of sp³-hybridized carbons (Fsp3) is 0.250. The molecule has 2 aromatic rings. The van der Waals surface area contributed by atoms with Crippen molar-refractivity contribution in [2.45, 2.75) is 13.8 Å². The smallest absolute Gasteiger partial charge is 0.328 e. The molecule has 2 rings (SSSR count). The quantitative estimate of drug-likeness (QED) is 0.637. The van der Waals surface area contributed by atoms with Crippen LogP contribution in [0.1, 0.15) is 23.1 Å². The van der Waals surface area contributed by atoms with Gasteiger partial charge in [-0.15, -0.1) is 0 Å². The van der Waals surface area contributed by atoms with E-state index in [4.69, 9.17) is 4.52 Å². The number of nitro benzene ring substituents is 1. The number of carbonyl (C=O) groups excluding carboxylic acids is 1. The third-order valence-electron chi connectivity index (χ3n) is 2.58. The molecule has 1 aromatic heterocycles. The van der Waals surface area contributed by atoms with Crippen LogP contribution in [0.25, 0.3) is 0 Å². The second-order valence-corrected chi connectivity index (χ2v) is 4.09. The molecule has 1 aromatic carbocycles. The van der Waals surface area contributed by atoms with Crippen molar-refractivity contribution in [1.82, 2.24) is 10.1 Å². The summed E-state index contributed by atoms with van der Waals surface area (Å²) < 4.78 is 4.76. The normalized spacial score (nSPS) is 10.2. The van der Waals surface area contributed by atoms with Crippen molar-refractivity contribution in [2.24, 2.45) is 0 Å². The van der Waals surface area contributed by atoms with Crippen LogP contribution in [0.3, 0.4) is 0 Å². The molecule has 0 unspecified atom stereocenters. The van der Waals surface area contributed by atoms with Gasteiger partial charge in [0.25, 0.3) is 5.91 Å². The average Bonchev–Trinajstić information content (AvgIpc) is 2.84. The number of nitro groups is 1. The van der Waals surface area contributed by atoms with Crippen molar-refractivity contribution in [1.29, 1.82) is 0 Å². The molecule has 0 fully saturated rings. The molecule has 110 valence electrons. The van der Waals surface area contributed by atoms with Crippen molar-refractivity contribution < 1.29 is 14.2 Å². The summed E-state index contributed by atoms with van der Waals surface area (Å²) in [5, 5.41) is 19.9. The van der Waals surface area contributed by atoms with Gasteiger partial charge >= 0.3 is 11.7 Å². The lowest BCUT2D eigenvalue weighted by molar-refractivity contribution is -0.384. The molecular weight excluding hydrogens is 278 g/mol. The Morgan fingerprint density at radius 2 is 2.24 bits per heavy atom. The van der Waals surface area contributed by atoms with Crippen LogP contribution < -0.4 is 10.6 Å². The highest BCUT2D eigenvalue weighted by molar-refractivity contribution is 6.07. The summed E-state index contributed by atoms with van der Waals surface area (Å²) in [5.74, 6) is -0.341. The lowest BCUT2D eigenvalue weighted by Gasteiger charge is -2.07. The number of benzene rings is 1. The molecule has 21 heavy (non-hydrogen) atoms. The number of hydrogen-bond acceptors (Lipinski definition) is 7. The minimum Gasteiger partial charge on any atom is -0.380 e. The zero-order valence-corrected chi connectivity index (χ0v) is 11.4. The monoisotopic (exact) mass is 291 g/mol. The van der Waals surface area contributed by atoms with Crippen LogP contribution in [-0.4, -0.2) is 27.5 Å². The van der Waals surface area contributed by atoms with E-state index in [1.807, 2.05) is 0 Å². The Kier molecular flexibility index (Phi) is 4.12. The third-order valence-corrected chi connectivity index (χ3v) is 2.58. The Morgan fingerprint density at radius 1 is 1.48 bits per heavy atom. The van der Waals surface area contributed by atoms with Gasteiger partial charge in [0.15, 0.2) is 5.82 Å². The minimum absolute atomic E-state index is 0.0886. The summed E-state index contributed by atoms with van der Waals surface area (Å²) in [4.78, 5) is 26.6. The van der Waals surface area contributed by atoms with Gasteiger partial charge < -0.3 is 9.84 Å². The van der Waals surface area contributed by atoms with Crippen molar-refractivity contribution in [3.63, 3.8) is 0 Å². The maximum Gasteiger partial charge on any atom is 0.328 e. The zero-order valence-electron chi connectivity index (χ0n) is 11.4. The van der Waals surface area contributed by atoms with Gasteiger partial charge in [-0.1, -0.05) is 11.2 Å². The fourth-order valence-electron chi connectivity index (χ4n) is 1.77. The largest absolute Gasteiger partial charge is 0.380 e. The molecule has 1 heterocycles. The van der Waals surface area contributed by atoms with E-state index in [1.54, 1.807) is 19.9 Å². The maximum absolute atomic E-state index is 12.1. The lowest BCUT2D eigenvalue weighted by atomic mass is 10.1. The Hall–Kier alpha value is -2.97. The van der Waals surface area contributed by atoms with Crippen LogP contribution in [0.2, 0.25) is 0 Å². The molecule has 9 heteroatoms. The van der Waals surface area contributed by atoms with Crippen molar-refractivity contribution in [3.8, 4) is 0 Å². The van der Waals surface area contributed by atoms with E-state index >= 15 is 0 Å². The number of aromatic nitrogens is 2. The Morgan fingerprint density at radius 3 is 2.81 bits per heavy atom. The highest BCUT2D eigenvalue weighted by atomic mass is 16.6. The molecule has 1 amide bonds. The fourth-order valence-corrected chi connectivity index (χ4v) is 1.77. The van der Waals surface area contributed by atoms with E-state index in [0.717, 1.165) is 0 Å². The summed E-state index contributed by atoms with van der Waals surface area (Å²) in [6, 6.07) is 4.34. The number of amides is 1. The molecule has 0 saturated heterocycles. The Labute approximate surface area is 119 Å². The zero-order chi connectivity index (χ0) is 15.4. The molecular formula is C12H13N5O4. The van der Waals surface area contributed by atoms with E-state index in [0.29, 0.717) is 12.4 Å². The van der Waals surface area contributed by atoms with Crippen LogP contribution in [-0.2, 0) is 0 Å². The molecule has 0 saturated carbocycles. The van der Waals surface area contributed by atoms with E-state index < -0.39 is 10.8 Å². The molecule has 0 aliphatic carbocycles. The van der Waals surface area contributed by atoms with Crippen molar-refractivity contribution in [2.75, 3.05) is 17.2 Å². The van der Waals surface area contributed by atoms with E-state index in [2.05, 4.69) is 20.8 Å². The number of nitrogens with zero attached hydrogens (tertiary/aromatic N) is 3. The van der Waals surface area contributed by atoms with Gasteiger partial charge in [-0.2, -0.15) is 4.98 Å². The number of anilines is 2. The predicted molar refractivity (Wildman–Crippen MR) is 74.2 cm³/mol. The number of aryl methyl sites for hydroxylation is 1. The number of hydrogen-bond donors (Lipinski definition) is 2.